The second-order valence-electron chi connectivity index (χ2n) is 11.4. The molecule has 6 aromatic rings. The summed E-state index contributed by atoms with van der Waals surface area (Å²) in [6.45, 7) is 2.00. The number of nitrogens with zero attached hydrogens (tertiary/aromatic N) is 5. The lowest BCUT2D eigenvalue weighted by molar-refractivity contribution is -0.115. The van der Waals surface area contributed by atoms with E-state index in [1.54, 1.807) is 92.0 Å². The predicted octanol–water partition coefficient (Wildman–Crippen LogP) is 7.39. The molecule has 0 saturated heterocycles. The minimum absolute atomic E-state index is 0.0733. The molecular formula is C37H32Cl2N6O3. The standard InChI is InChI=1S/C37H32Cl2N6O3/c1-23-20-31(44-19-17-41-22-44)26-6-4-8-33(36(26)42-23)48-21-27-28(38)14-15-29(34(27)39)45-18-5-7-30(45)35(40)32(46)16-11-24-9-12-25(13-10-24)37(47)43(2)3/h4-20,22,35H,21,40H2,1-3H3/b16-11+. The molecule has 0 bridgehead atoms. The maximum atomic E-state index is 13.2. The van der Waals surface area contributed by atoms with E-state index in [-0.39, 0.29) is 18.3 Å². The Morgan fingerprint density at radius 1 is 1.00 bits per heavy atom. The number of carbonyl (C=O) groups is 2. The molecule has 0 aliphatic heterocycles. The van der Waals surface area contributed by atoms with Crippen molar-refractivity contribution in [3.05, 3.63) is 142 Å². The lowest BCUT2D eigenvalue weighted by Gasteiger charge is -2.18. The molecule has 1 amide bonds. The number of aryl methyl sites for hydroxylation is 1. The molecule has 1 atom stereocenters. The van der Waals surface area contributed by atoms with Gasteiger partial charge in [0.05, 0.1) is 22.7 Å². The third-order valence-electron chi connectivity index (χ3n) is 7.90. The largest absolute Gasteiger partial charge is 0.487 e. The number of carbonyl (C=O) groups excluding carboxylic acids is 2. The van der Waals surface area contributed by atoms with Crippen LogP contribution in [-0.4, -0.2) is 49.8 Å². The molecule has 2 N–H and O–H groups in total. The summed E-state index contributed by atoms with van der Waals surface area (Å²) in [6, 6.07) is 20.9. The first-order valence-corrected chi connectivity index (χ1v) is 15.8. The fourth-order valence-corrected chi connectivity index (χ4v) is 5.97. The highest BCUT2D eigenvalue weighted by atomic mass is 35.5. The first-order valence-electron chi connectivity index (χ1n) is 15.1. The molecule has 1 unspecified atom stereocenters. The number of rotatable bonds is 10. The Hall–Kier alpha value is -5.22. The molecular weight excluding hydrogens is 647 g/mol. The zero-order chi connectivity index (χ0) is 33.9. The molecule has 0 aliphatic carbocycles. The Morgan fingerprint density at radius 2 is 1.79 bits per heavy atom. The smallest absolute Gasteiger partial charge is 0.253 e. The summed E-state index contributed by atoms with van der Waals surface area (Å²) in [5, 5.41) is 1.71. The fraction of sp³-hybridized carbons (Fsp3) is 0.135. The number of ether oxygens (including phenoxy) is 1. The maximum Gasteiger partial charge on any atom is 0.253 e. The van der Waals surface area contributed by atoms with Crippen LogP contribution in [0.2, 0.25) is 10.0 Å². The van der Waals surface area contributed by atoms with E-state index in [9.17, 15) is 9.59 Å². The number of hydrogen-bond donors (Lipinski definition) is 1. The van der Waals surface area contributed by atoms with Crippen molar-refractivity contribution in [2.24, 2.45) is 5.73 Å². The molecule has 3 aromatic heterocycles. The summed E-state index contributed by atoms with van der Waals surface area (Å²) in [5.41, 5.74) is 12.0. The second kappa shape index (κ2) is 13.9. The summed E-state index contributed by atoms with van der Waals surface area (Å²) < 4.78 is 10.0. The number of halogens is 2. The number of aromatic nitrogens is 4. The molecule has 0 fully saturated rings. The number of ketones is 1. The summed E-state index contributed by atoms with van der Waals surface area (Å²) >= 11 is 13.6. The van der Waals surface area contributed by atoms with Crippen LogP contribution in [0.5, 0.6) is 5.75 Å². The zero-order valence-electron chi connectivity index (χ0n) is 26.5. The van der Waals surface area contributed by atoms with Crippen molar-refractivity contribution in [1.29, 1.82) is 0 Å². The van der Waals surface area contributed by atoms with Gasteiger partial charge in [0.2, 0.25) is 0 Å². The Labute approximate surface area is 287 Å². The van der Waals surface area contributed by atoms with Crippen molar-refractivity contribution < 1.29 is 14.3 Å². The highest BCUT2D eigenvalue weighted by Gasteiger charge is 2.21. The molecule has 0 spiro atoms. The number of para-hydroxylation sites is 1. The van der Waals surface area contributed by atoms with Crippen LogP contribution in [0.3, 0.4) is 0 Å². The Morgan fingerprint density at radius 3 is 2.52 bits per heavy atom. The molecule has 0 aliphatic rings. The summed E-state index contributed by atoms with van der Waals surface area (Å²) in [5.74, 6) is 0.182. The quantitative estimate of drug-likeness (QED) is 0.151. The van der Waals surface area contributed by atoms with Crippen molar-refractivity contribution >= 4 is 51.9 Å². The maximum absolute atomic E-state index is 13.2. The molecule has 242 valence electrons. The van der Waals surface area contributed by atoms with Gasteiger partial charge in [0.1, 0.15) is 23.9 Å². The van der Waals surface area contributed by atoms with Gasteiger partial charge in [0.25, 0.3) is 5.91 Å². The second-order valence-corrected chi connectivity index (χ2v) is 12.2. The number of fused-ring (bicyclic) bond motifs is 1. The van der Waals surface area contributed by atoms with E-state index in [2.05, 4.69) is 4.98 Å². The van der Waals surface area contributed by atoms with Crippen LogP contribution in [0.1, 0.15) is 38.9 Å². The SMILES string of the molecule is Cc1cc(-n2ccnc2)c2cccc(OCc3c(Cl)ccc(-n4cccc4C(N)C(=O)/C=C/c4ccc(C(=O)N(C)C)cc4)c3Cl)c2n1. The van der Waals surface area contributed by atoms with Crippen LogP contribution in [0.4, 0.5) is 0 Å². The molecule has 6 rings (SSSR count). The molecule has 0 radical (unpaired) electrons. The van der Waals surface area contributed by atoms with E-state index in [1.807, 2.05) is 42.0 Å². The third kappa shape index (κ3) is 6.61. The highest BCUT2D eigenvalue weighted by molar-refractivity contribution is 6.37. The van der Waals surface area contributed by atoms with E-state index in [0.29, 0.717) is 43.8 Å². The highest BCUT2D eigenvalue weighted by Crippen LogP contribution is 2.35. The van der Waals surface area contributed by atoms with Crippen molar-refractivity contribution in [3.63, 3.8) is 0 Å². The van der Waals surface area contributed by atoms with Crippen molar-refractivity contribution in [2.75, 3.05) is 14.1 Å². The van der Waals surface area contributed by atoms with Gasteiger partial charge in [-0.1, -0.05) is 53.5 Å². The first kappa shape index (κ1) is 32.7. The molecule has 0 saturated carbocycles. The number of hydrogen-bond acceptors (Lipinski definition) is 6. The van der Waals surface area contributed by atoms with E-state index in [4.69, 9.17) is 38.7 Å². The van der Waals surface area contributed by atoms with Crippen LogP contribution in [-0.2, 0) is 11.4 Å². The third-order valence-corrected chi connectivity index (χ3v) is 8.67. The van der Waals surface area contributed by atoms with Gasteiger partial charge in [0, 0.05) is 65.6 Å². The lowest BCUT2D eigenvalue weighted by atomic mass is 10.1. The number of nitrogens with two attached hydrogens (primary N) is 1. The van der Waals surface area contributed by atoms with E-state index in [0.717, 1.165) is 22.3 Å². The van der Waals surface area contributed by atoms with E-state index in [1.165, 1.54) is 11.0 Å². The Kier molecular flexibility index (Phi) is 9.45. The normalized spacial score (nSPS) is 12.0. The van der Waals surface area contributed by atoms with Gasteiger partial charge in [-0.25, -0.2) is 9.97 Å². The first-order chi connectivity index (χ1) is 23.1. The molecule has 3 heterocycles. The van der Waals surface area contributed by atoms with Crippen molar-refractivity contribution in [2.45, 2.75) is 19.6 Å². The van der Waals surface area contributed by atoms with Crippen molar-refractivity contribution in [1.82, 2.24) is 24.0 Å². The van der Waals surface area contributed by atoms with Gasteiger partial charge >= 0.3 is 0 Å². The van der Waals surface area contributed by atoms with Crippen molar-refractivity contribution in [3.8, 4) is 17.1 Å². The van der Waals surface area contributed by atoms with Gasteiger partial charge in [-0.3, -0.25) is 9.59 Å². The topological polar surface area (TPSA) is 108 Å². The van der Waals surface area contributed by atoms with Crippen LogP contribution in [0, 0.1) is 6.92 Å². The number of amides is 1. The van der Waals surface area contributed by atoms with Gasteiger partial charge in [-0.2, -0.15) is 0 Å². The number of benzene rings is 3. The summed E-state index contributed by atoms with van der Waals surface area (Å²) in [7, 11) is 3.39. The predicted molar refractivity (Wildman–Crippen MR) is 189 cm³/mol. The molecule has 48 heavy (non-hydrogen) atoms. The van der Waals surface area contributed by atoms with Gasteiger partial charge in [-0.15, -0.1) is 0 Å². The van der Waals surface area contributed by atoms with Gasteiger partial charge in [0.15, 0.2) is 5.78 Å². The molecule has 9 nitrogen and oxygen atoms in total. The lowest BCUT2D eigenvalue weighted by Crippen LogP contribution is -2.22. The monoisotopic (exact) mass is 678 g/mol. The van der Waals surface area contributed by atoms with Crippen LogP contribution < -0.4 is 10.5 Å². The molecule has 11 heteroatoms. The number of pyridine rings is 1. The van der Waals surface area contributed by atoms with E-state index >= 15 is 0 Å². The fourth-order valence-electron chi connectivity index (χ4n) is 5.40. The molecule has 3 aromatic carbocycles. The van der Waals surface area contributed by atoms with Crippen LogP contribution in [0.25, 0.3) is 28.4 Å². The zero-order valence-corrected chi connectivity index (χ0v) is 28.0. The van der Waals surface area contributed by atoms with E-state index < -0.39 is 6.04 Å². The van der Waals surface area contributed by atoms with Gasteiger partial charge < -0.3 is 24.5 Å². The number of imidazole rings is 1. The Bertz CT molecular complexity index is 2150. The minimum Gasteiger partial charge on any atom is -0.487 e. The summed E-state index contributed by atoms with van der Waals surface area (Å²) in [6.07, 6.45) is 10.3. The minimum atomic E-state index is -0.966. The average Bonchev–Trinajstić information content (AvgIpc) is 3.80. The van der Waals surface area contributed by atoms with Crippen LogP contribution >= 0.6 is 23.2 Å². The van der Waals surface area contributed by atoms with Crippen LogP contribution in [0.15, 0.2) is 104 Å². The summed E-state index contributed by atoms with van der Waals surface area (Å²) in [4.78, 5) is 35.8. The van der Waals surface area contributed by atoms with Gasteiger partial charge in [-0.05, 0) is 67.1 Å². The average molecular weight is 680 g/mol. The Balaban J connectivity index is 1.23.